The molecule has 2 rings (SSSR count). The molecule has 1 aromatic carbocycles. The molecule has 0 unspecified atom stereocenters. The lowest BCUT2D eigenvalue weighted by molar-refractivity contribution is -0.141. The number of nitrogens with zero attached hydrogens (tertiary/aromatic N) is 1. The molecule has 0 fully saturated rings. The van der Waals surface area contributed by atoms with Gasteiger partial charge in [0.1, 0.15) is 11.5 Å². The molecule has 0 aliphatic rings. The minimum Gasteiger partial charge on any atom is -0.303 e. The Morgan fingerprint density at radius 3 is 2.33 bits per heavy atom. The van der Waals surface area contributed by atoms with Crippen LogP contribution in [0.5, 0.6) is 0 Å². The Morgan fingerprint density at radius 1 is 1.19 bits per heavy atom. The van der Waals surface area contributed by atoms with E-state index in [-0.39, 0.29) is 20.1 Å². The molecule has 112 valence electrons. The lowest BCUT2D eigenvalue weighted by atomic mass is 10.3. The van der Waals surface area contributed by atoms with E-state index in [0.717, 1.165) is 12.1 Å². The minimum atomic E-state index is -4.89. The molecule has 0 aliphatic carbocycles. The van der Waals surface area contributed by atoms with Crippen LogP contribution in [0.4, 0.5) is 17.6 Å². The molecule has 1 aromatic heterocycles. The number of hydrogen-bond acceptors (Lipinski definition) is 2. The Balaban J connectivity index is 2.75. The van der Waals surface area contributed by atoms with Gasteiger partial charge in [0.15, 0.2) is 0 Å². The maximum absolute atomic E-state index is 13.8. The van der Waals surface area contributed by atoms with E-state index in [0.29, 0.717) is 0 Å². The van der Waals surface area contributed by atoms with Crippen molar-refractivity contribution in [2.45, 2.75) is 6.18 Å². The fraction of sp³-hybridized carbons (Fsp3) is 0.0909. The zero-order valence-corrected chi connectivity index (χ0v) is 12.1. The average Bonchev–Trinajstić information content (AvgIpc) is 2.33. The molecule has 21 heavy (non-hydrogen) atoms. The van der Waals surface area contributed by atoms with Gasteiger partial charge in [-0.2, -0.15) is 13.2 Å². The highest BCUT2D eigenvalue weighted by Gasteiger charge is 2.33. The quantitative estimate of drug-likeness (QED) is 0.604. The molecule has 0 amide bonds. The van der Waals surface area contributed by atoms with Crippen molar-refractivity contribution >= 4 is 27.5 Å². The van der Waals surface area contributed by atoms with Crippen LogP contribution in [0.25, 0.3) is 5.69 Å². The number of benzene rings is 1. The van der Waals surface area contributed by atoms with Gasteiger partial charge in [-0.25, -0.2) is 13.8 Å². The number of alkyl halides is 3. The van der Waals surface area contributed by atoms with Crippen LogP contribution in [-0.4, -0.2) is 9.55 Å². The number of aromatic amines is 1. The summed E-state index contributed by atoms with van der Waals surface area (Å²) in [5.41, 5.74) is -4.77. The van der Waals surface area contributed by atoms with Gasteiger partial charge in [0.2, 0.25) is 0 Å². The molecule has 0 radical (unpaired) electrons. The summed E-state index contributed by atoms with van der Waals surface area (Å²) in [6.07, 6.45) is -4.89. The first-order valence-electron chi connectivity index (χ1n) is 5.20. The normalized spacial score (nSPS) is 11.7. The largest absolute Gasteiger partial charge is 0.431 e. The number of rotatable bonds is 1. The second-order valence-corrected chi connectivity index (χ2v) is 5.14. The summed E-state index contributed by atoms with van der Waals surface area (Å²) in [5, 5.41) is -0.0207. The first kappa shape index (κ1) is 15.8. The third-order valence-corrected chi connectivity index (χ3v) is 3.67. The zero-order chi connectivity index (χ0) is 15.9. The van der Waals surface area contributed by atoms with E-state index in [9.17, 15) is 27.2 Å². The lowest BCUT2D eigenvalue weighted by Crippen LogP contribution is -2.36. The van der Waals surface area contributed by atoms with E-state index in [1.54, 1.807) is 0 Å². The third kappa shape index (κ3) is 3.03. The monoisotopic (exact) mass is 386 g/mol. The Kier molecular flexibility index (Phi) is 3.98. The van der Waals surface area contributed by atoms with Crippen LogP contribution in [0.15, 0.2) is 32.3 Å². The van der Waals surface area contributed by atoms with Crippen molar-refractivity contribution in [1.29, 1.82) is 0 Å². The summed E-state index contributed by atoms with van der Waals surface area (Å²) in [6, 6.07) is 2.01. The van der Waals surface area contributed by atoms with Crippen LogP contribution in [0.3, 0.4) is 0 Å². The van der Waals surface area contributed by atoms with Gasteiger partial charge in [-0.3, -0.25) is 4.79 Å². The maximum Gasteiger partial charge on any atom is 0.431 e. The molecule has 0 atom stereocenters. The first-order valence-corrected chi connectivity index (χ1v) is 6.37. The third-order valence-electron chi connectivity index (χ3n) is 2.47. The summed E-state index contributed by atoms with van der Waals surface area (Å²) in [4.78, 5) is 24.8. The molecule has 10 heteroatoms. The highest BCUT2D eigenvalue weighted by Crippen LogP contribution is 2.28. The molecule has 4 nitrogen and oxygen atoms in total. The molecule has 0 spiro atoms. The zero-order valence-electron chi connectivity index (χ0n) is 9.76. The van der Waals surface area contributed by atoms with Crippen molar-refractivity contribution in [3.05, 3.63) is 60.0 Å². The fourth-order valence-electron chi connectivity index (χ4n) is 1.56. The molecule has 1 N–H and O–H groups in total. The van der Waals surface area contributed by atoms with Crippen molar-refractivity contribution in [2.24, 2.45) is 0 Å². The predicted octanol–water partition coefficient (Wildman–Crippen LogP) is 3.10. The highest BCUT2D eigenvalue weighted by molar-refractivity contribution is 9.10. The van der Waals surface area contributed by atoms with Crippen molar-refractivity contribution in [3.63, 3.8) is 0 Å². The topological polar surface area (TPSA) is 54.9 Å². The Hall–Kier alpha value is -1.61. The van der Waals surface area contributed by atoms with E-state index in [4.69, 9.17) is 11.6 Å². The van der Waals surface area contributed by atoms with Gasteiger partial charge >= 0.3 is 11.9 Å². The molecule has 0 saturated heterocycles. The lowest BCUT2D eigenvalue weighted by Gasteiger charge is -2.10. The number of H-pyrrole nitrogens is 1. The van der Waals surface area contributed by atoms with E-state index in [2.05, 4.69) is 15.9 Å². The Bertz CT molecular complexity index is 797. The van der Waals surface area contributed by atoms with E-state index < -0.39 is 34.6 Å². The van der Waals surface area contributed by atoms with Crippen molar-refractivity contribution < 1.29 is 17.6 Å². The van der Waals surface area contributed by atoms with Crippen LogP contribution in [0.2, 0.25) is 5.02 Å². The molecule has 0 aliphatic heterocycles. The minimum absolute atomic E-state index is 0.0207. The van der Waals surface area contributed by atoms with Gasteiger partial charge in [-0.15, -0.1) is 0 Å². The van der Waals surface area contributed by atoms with Gasteiger partial charge in [0.25, 0.3) is 5.56 Å². The van der Waals surface area contributed by atoms with Gasteiger partial charge in [-0.05, 0) is 28.1 Å². The van der Waals surface area contributed by atoms with Crippen LogP contribution >= 0.6 is 27.5 Å². The molecule has 2 aromatic rings. The standard InChI is InChI=1S/C11H4BrClF4N2O2/c12-4-1-7(6(14)2-5(4)13)19-9(20)3-8(11(15,16)17)18-10(19)21/h1-3H,(H,18,21). The van der Waals surface area contributed by atoms with Crippen LogP contribution in [0.1, 0.15) is 5.69 Å². The number of hydrogen-bond donors (Lipinski definition) is 1. The smallest absolute Gasteiger partial charge is 0.303 e. The molecule has 0 bridgehead atoms. The second kappa shape index (κ2) is 5.30. The van der Waals surface area contributed by atoms with Crippen molar-refractivity contribution in [2.75, 3.05) is 0 Å². The number of aromatic nitrogens is 2. The van der Waals surface area contributed by atoms with Crippen LogP contribution < -0.4 is 11.2 Å². The number of halogens is 6. The average molecular weight is 388 g/mol. The summed E-state index contributed by atoms with van der Waals surface area (Å²) in [5.74, 6) is -1.03. The Labute approximate surface area is 127 Å². The van der Waals surface area contributed by atoms with Crippen LogP contribution in [0, 0.1) is 5.82 Å². The van der Waals surface area contributed by atoms with Gasteiger partial charge < -0.3 is 4.98 Å². The summed E-state index contributed by atoms with van der Waals surface area (Å²) >= 11 is 8.60. The van der Waals surface area contributed by atoms with Gasteiger partial charge in [0.05, 0.1) is 10.7 Å². The Morgan fingerprint density at radius 2 is 1.81 bits per heavy atom. The van der Waals surface area contributed by atoms with Gasteiger partial charge in [0, 0.05) is 10.5 Å². The first-order chi connectivity index (χ1) is 9.61. The summed E-state index contributed by atoms with van der Waals surface area (Å²) in [6.45, 7) is 0. The molecule has 1 heterocycles. The SMILES string of the molecule is O=c1cc(C(F)(F)F)[nH]c(=O)n1-c1cc(Br)c(Cl)cc1F. The van der Waals surface area contributed by atoms with Gasteiger partial charge in [-0.1, -0.05) is 11.6 Å². The second-order valence-electron chi connectivity index (χ2n) is 3.88. The van der Waals surface area contributed by atoms with E-state index in [1.807, 2.05) is 0 Å². The molecule has 0 saturated carbocycles. The molecular formula is C11H4BrClF4N2O2. The number of nitrogens with one attached hydrogen (secondary N) is 1. The highest BCUT2D eigenvalue weighted by atomic mass is 79.9. The summed E-state index contributed by atoms with van der Waals surface area (Å²) < 4.78 is 51.6. The van der Waals surface area contributed by atoms with Crippen LogP contribution in [-0.2, 0) is 6.18 Å². The van der Waals surface area contributed by atoms with Crippen molar-refractivity contribution in [3.8, 4) is 5.69 Å². The summed E-state index contributed by atoms with van der Waals surface area (Å²) in [7, 11) is 0. The van der Waals surface area contributed by atoms with E-state index >= 15 is 0 Å². The predicted molar refractivity (Wildman–Crippen MR) is 70.3 cm³/mol. The van der Waals surface area contributed by atoms with E-state index in [1.165, 1.54) is 4.98 Å². The van der Waals surface area contributed by atoms with Crippen molar-refractivity contribution in [1.82, 2.24) is 9.55 Å². The fourth-order valence-corrected chi connectivity index (χ4v) is 2.04. The molecular weight excluding hydrogens is 383 g/mol. The maximum atomic E-state index is 13.8.